The van der Waals surface area contributed by atoms with Gasteiger partial charge in [-0.3, -0.25) is 4.79 Å². The molecule has 0 spiro atoms. The minimum atomic E-state index is -0.362. The third kappa shape index (κ3) is 5.00. The Morgan fingerprint density at radius 2 is 1.60 bits per heavy atom. The van der Waals surface area contributed by atoms with Crippen LogP contribution in [0.4, 0.5) is 10.1 Å². The first-order valence-corrected chi connectivity index (χ1v) is 9.12. The molecule has 0 aliphatic carbocycles. The highest BCUT2D eigenvalue weighted by Gasteiger charge is 2.17. The normalized spacial score (nSPS) is 10.3. The molecule has 0 aliphatic heterocycles. The van der Waals surface area contributed by atoms with Crippen LogP contribution in [0.2, 0.25) is 0 Å². The topological polar surface area (TPSA) is 66.0 Å². The first kappa shape index (κ1) is 21.0. The Morgan fingerprint density at radius 1 is 0.900 bits per heavy atom. The van der Waals surface area contributed by atoms with Crippen LogP contribution >= 0.6 is 0 Å². The molecule has 3 aromatic carbocycles. The third-order valence-corrected chi connectivity index (χ3v) is 4.31. The molecule has 0 radical (unpaired) electrons. The van der Waals surface area contributed by atoms with Crippen LogP contribution in [0.1, 0.15) is 15.9 Å². The van der Waals surface area contributed by atoms with Crippen molar-refractivity contribution in [1.29, 1.82) is 0 Å². The van der Waals surface area contributed by atoms with Gasteiger partial charge in [-0.2, -0.15) is 0 Å². The number of nitrogens with one attached hydrogen (secondary N) is 1. The molecule has 7 heteroatoms. The van der Waals surface area contributed by atoms with Crippen LogP contribution in [0.25, 0.3) is 0 Å². The summed E-state index contributed by atoms with van der Waals surface area (Å²) in [5, 5.41) is 2.84. The summed E-state index contributed by atoms with van der Waals surface area (Å²) in [6.07, 6.45) is 0. The van der Waals surface area contributed by atoms with Gasteiger partial charge in [0.2, 0.25) is 5.75 Å². The Bertz CT molecular complexity index is 1010. The monoisotopic (exact) mass is 411 g/mol. The van der Waals surface area contributed by atoms with E-state index < -0.39 is 0 Å². The maximum absolute atomic E-state index is 13.3. The molecule has 3 aromatic rings. The van der Waals surface area contributed by atoms with Gasteiger partial charge in [-0.05, 0) is 42.0 Å². The van der Waals surface area contributed by atoms with E-state index in [0.29, 0.717) is 34.2 Å². The molecule has 0 saturated heterocycles. The number of halogens is 1. The molecule has 0 heterocycles. The summed E-state index contributed by atoms with van der Waals surface area (Å²) in [6, 6.07) is 16.3. The number of methoxy groups -OCH3 is 3. The number of rotatable bonds is 8. The Morgan fingerprint density at radius 3 is 2.23 bits per heavy atom. The van der Waals surface area contributed by atoms with E-state index in [9.17, 15) is 9.18 Å². The van der Waals surface area contributed by atoms with Gasteiger partial charge in [-0.15, -0.1) is 0 Å². The van der Waals surface area contributed by atoms with Gasteiger partial charge in [0.25, 0.3) is 5.91 Å². The first-order chi connectivity index (χ1) is 14.5. The van der Waals surface area contributed by atoms with Crippen LogP contribution in [-0.4, -0.2) is 27.2 Å². The van der Waals surface area contributed by atoms with E-state index in [1.54, 1.807) is 42.5 Å². The van der Waals surface area contributed by atoms with Crippen LogP contribution in [-0.2, 0) is 6.61 Å². The SMILES string of the molecule is COc1cc(C(=O)Nc2cccc(COc3cccc(F)c3)c2)cc(OC)c1OC. The smallest absolute Gasteiger partial charge is 0.255 e. The molecule has 6 nitrogen and oxygen atoms in total. The Labute approximate surface area is 174 Å². The van der Waals surface area contributed by atoms with Crippen molar-refractivity contribution in [2.75, 3.05) is 26.6 Å². The summed E-state index contributed by atoms with van der Waals surface area (Å²) in [6.45, 7) is 0.233. The van der Waals surface area contributed by atoms with Crippen molar-refractivity contribution < 1.29 is 28.1 Å². The predicted octanol–water partition coefficient (Wildman–Crippen LogP) is 4.68. The van der Waals surface area contributed by atoms with Gasteiger partial charge in [-0.25, -0.2) is 4.39 Å². The van der Waals surface area contributed by atoms with Gasteiger partial charge in [0, 0.05) is 17.3 Å². The standard InChI is InChI=1S/C23H22FNO5/c1-27-20-11-16(12-21(28-2)22(20)29-3)23(26)25-18-8-4-6-15(10-18)14-30-19-9-5-7-17(24)13-19/h4-13H,14H2,1-3H3,(H,25,26). The van der Waals surface area contributed by atoms with Gasteiger partial charge in [0.15, 0.2) is 11.5 Å². The Balaban J connectivity index is 1.73. The number of ether oxygens (including phenoxy) is 4. The molecule has 0 aliphatic rings. The summed E-state index contributed by atoms with van der Waals surface area (Å²) in [5.41, 5.74) is 1.77. The predicted molar refractivity (Wildman–Crippen MR) is 111 cm³/mol. The molecule has 0 fully saturated rings. The van der Waals surface area contributed by atoms with Crippen LogP contribution in [0.5, 0.6) is 23.0 Å². The van der Waals surface area contributed by atoms with E-state index in [1.807, 2.05) is 6.07 Å². The van der Waals surface area contributed by atoms with Crippen molar-refractivity contribution in [2.24, 2.45) is 0 Å². The van der Waals surface area contributed by atoms with Crippen molar-refractivity contribution in [3.05, 3.63) is 77.6 Å². The van der Waals surface area contributed by atoms with Gasteiger partial charge >= 0.3 is 0 Å². The van der Waals surface area contributed by atoms with E-state index in [4.69, 9.17) is 18.9 Å². The van der Waals surface area contributed by atoms with Crippen LogP contribution < -0.4 is 24.3 Å². The van der Waals surface area contributed by atoms with Crippen molar-refractivity contribution >= 4 is 11.6 Å². The molecule has 1 N–H and O–H groups in total. The Hall–Kier alpha value is -3.74. The number of anilines is 1. The molecule has 0 bridgehead atoms. The zero-order valence-corrected chi connectivity index (χ0v) is 16.9. The van der Waals surface area contributed by atoms with Gasteiger partial charge in [-0.1, -0.05) is 18.2 Å². The van der Waals surface area contributed by atoms with Crippen LogP contribution in [0, 0.1) is 5.82 Å². The lowest BCUT2D eigenvalue weighted by atomic mass is 10.1. The number of carbonyl (C=O) groups is 1. The quantitative estimate of drug-likeness (QED) is 0.583. The molecular weight excluding hydrogens is 389 g/mol. The zero-order valence-electron chi connectivity index (χ0n) is 16.9. The van der Waals surface area contributed by atoms with E-state index in [2.05, 4.69) is 5.32 Å². The fraction of sp³-hybridized carbons (Fsp3) is 0.174. The molecule has 0 atom stereocenters. The van der Waals surface area contributed by atoms with Crippen molar-refractivity contribution in [3.63, 3.8) is 0 Å². The highest BCUT2D eigenvalue weighted by atomic mass is 19.1. The number of hydrogen-bond acceptors (Lipinski definition) is 5. The molecule has 30 heavy (non-hydrogen) atoms. The molecule has 3 rings (SSSR count). The number of benzene rings is 3. The first-order valence-electron chi connectivity index (χ1n) is 9.12. The molecule has 0 saturated carbocycles. The van der Waals surface area contributed by atoms with Gasteiger partial charge < -0.3 is 24.3 Å². The second-order valence-electron chi connectivity index (χ2n) is 6.31. The summed E-state index contributed by atoms with van der Waals surface area (Å²) in [7, 11) is 4.47. The largest absolute Gasteiger partial charge is 0.493 e. The molecule has 0 unspecified atom stereocenters. The molecule has 1 amide bonds. The second-order valence-corrected chi connectivity index (χ2v) is 6.31. The van der Waals surface area contributed by atoms with Gasteiger partial charge in [0.1, 0.15) is 18.2 Å². The lowest BCUT2D eigenvalue weighted by molar-refractivity contribution is 0.102. The number of amides is 1. The minimum Gasteiger partial charge on any atom is -0.493 e. The van der Waals surface area contributed by atoms with Crippen LogP contribution in [0.3, 0.4) is 0 Å². The van der Waals surface area contributed by atoms with E-state index >= 15 is 0 Å². The molecular formula is C23H22FNO5. The highest BCUT2D eigenvalue weighted by molar-refractivity contribution is 6.05. The van der Waals surface area contributed by atoms with Crippen molar-refractivity contribution in [1.82, 2.24) is 0 Å². The number of hydrogen-bond donors (Lipinski definition) is 1. The fourth-order valence-corrected chi connectivity index (χ4v) is 2.88. The average molecular weight is 411 g/mol. The van der Waals surface area contributed by atoms with E-state index in [-0.39, 0.29) is 18.3 Å². The van der Waals surface area contributed by atoms with E-state index in [1.165, 1.54) is 33.5 Å². The van der Waals surface area contributed by atoms with E-state index in [0.717, 1.165) is 5.56 Å². The summed E-state index contributed by atoms with van der Waals surface area (Å²) in [4.78, 5) is 12.7. The summed E-state index contributed by atoms with van der Waals surface area (Å²) < 4.78 is 34.7. The Kier molecular flexibility index (Phi) is 6.75. The zero-order chi connectivity index (χ0) is 21.5. The fourth-order valence-electron chi connectivity index (χ4n) is 2.88. The van der Waals surface area contributed by atoms with Crippen LogP contribution in [0.15, 0.2) is 60.7 Å². The van der Waals surface area contributed by atoms with Gasteiger partial charge in [0.05, 0.1) is 21.3 Å². The third-order valence-electron chi connectivity index (χ3n) is 4.31. The lowest BCUT2D eigenvalue weighted by Gasteiger charge is -2.14. The average Bonchev–Trinajstić information content (AvgIpc) is 2.76. The maximum Gasteiger partial charge on any atom is 0.255 e. The summed E-state index contributed by atoms with van der Waals surface area (Å²) in [5.74, 6) is 0.921. The maximum atomic E-state index is 13.3. The summed E-state index contributed by atoms with van der Waals surface area (Å²) >= 11 is 0. The molecule has 156 valence electrons. The number of carbonyl (C=O) groups excluding carboxylic acids is 1. The molecule has 0 aromatic heterocycles. The van der Waals surface area contributed by atoms with Crippen molar-refractivity contribution in [2.45, 2.75) is 6.61 Å². The van der Waals surface area contributed by atoms with Crippen molar-refractivity contribution in [3.8, 4) is 23.0 Å². The highest BCUT2D eigenvalue weighted by Crippen LogP contribution is 2.38. The second kappa shape index (κ2) is 9.65. The minimum absolute atomic E-state index is 0.233. The lowest BCUT2D eigenvalue weighted by Crippen LogP contribution is -2.13.